The van der Waals surface area contributed by atoms with Crippen molar-refractivity contribution in [1.82, 2.24) is 25.7 Å². The maximum Gasteiger partial charge on any atom is 0.229 e. The summed E-state index contributed by atoms with van der Waals surface area (Å²) in [6.07, 6.45) is 1.89. The fourth-order valence-electron chi connectivity index (χ4n) is 3.17. The number of methoxy groups -OCH3 is 1. The van der Waals surface area contributed by atoms with Gasteiger partial charge in [0.2, 0.25) is 16.9 Å². The molecule has 2 aromatic rings. The normalized spacial score (nSPS) is 16.9. The molecule has 1 atom stereocenters. The first-order chi connectivity index (χ1) is 13.0. The van der Waals surface area contributed by atoms with Crippen LogP contribution in [-0.2, 0) is 27.4 Å². The summed E-state index contributed by atoms with van der Waals surface area (Å²) >= 11 is 1.31. The molecule has 0 bridgehead atoms. The number of hydrogen-bond donors (Lipinski definition) is 2. The molecule has 0 spiro atoms. The highest BCUT2D eigenvalue weighted by atomic mass is 32.1. The molecule has 10 heteroatoms. The van der Waals surface area contributed by atoms with Crippen LogP contribution in [0.3, 0.4) is 0 Å². The first kappa shape index (κ1) is 19.4. The molecular weight excluding hydrogens is 368 g/mol. The average Bonchev–Trinajstić information content (AvgIpc) is 3.33. The first-order valence-electron chi connectivity index (χ1n) is 8.89. The molecule has 1 unspecified atom stereocenters. The molecule has 3 rings (SSSR count). The number of aromatic nitrogens is 4. The van der Waals surface area contributed by atoms with Crippen LogP contribution >= 0.6 is 11.3 Å². The highest BCUT2D eigenvalue weighted by Gasteiger charge is 2.36. The van der Waals surface area contributed by atoms with Gasteiger partial charge in [-0.25, -0.2) is 0 Å². The third kappa shape index (κ3) is 4.51. The van der Waals surface area contributed by atoms with Gasteiger partial charge in [-0.15, -0.1) is 10.2 Å². The number of aromatic amines is 1. The van der Waals surface area contributed by atoms with Crippen molar-refractivity contribution in [3.63, 3.8) is 0 Å². The number of anilines is 1. The average molecular weight is 392 g/mol. The number of aryl methyl sites for hydroxylation is 2. The Bertz CT molecular complexity index is 798. The van der Waals surface area contributed by atoms with Crippen molar-refractivity contribution in [2.24, 2.45) is 5.92 Å². The minimum absolute atomic E-state index is 0.0897. The van der Waals surface area contributed by atoms with Gasteiger partial charge in [-0.1, -0.05) is 11.3 Å². The lowest BCUT2D eigenvalue weighted by Gasteiger charge is -2.12. The molecule has 146 valence electrons. The zero-order valence-corrected chi connectivity index (χ0v) is 16.6. The van der Waals surface area contributed by atoms with Gasteiger partial charge in [-0.3, -0.25) is 19.6 Å². The molecule has 0 saturated carbocycles. The van der Waals surface area contributed by atoms with Crippen LogP contribution in [0.4, 0.5) is 5.13 Å². The molecule has 1 fully saturated rings. The summed E-state index contributed by atoms with van der Waals surface area (Å²) in [6.45, 7) is 5.25. The van der Waals surface area contributed by atoms with Gasteiger partial charge in [-0.2, -0.15) is 5.10 Å². The lowest BCUT2D eigenvalue weighted by atomic mass is 10.1. The summed E-state index contributed by atoms with van der Waals surface area (Å²) in [5.41, 5.74) is 3.27. The molecule has 3 heterocycles. The van der Waals surface area contributed by atoms with E-state index in [1.54, 1.807) is 12.0 Å². The van der Waals surface area contributed by atoms with E-state index in [0.29, 0.717) is 29.8 Å². The Morgan fingerprint density at radius 2 is 2.22 bits per heavy atom. The van der Waals surface area contributed by atoms with Crippen molar-refractivity contribution in [1.29, 1.82) is 0 Å². The Balaban J connectivity index is 1.47. The predicted molar refractivity (Wildman–Crippen MR) is 100 cm³/mol. The monoisotopic (exact) mass is 392 g/mol. The Kier molecular flexibility index (Phi) is 6.17. The number of hydrogen-bond acceptors (Lipinski definition) is 7. The number of H-pyrrole nitrogens is 1. The molecule has 0 radical (unpaired) electrons. The zero-order valence-electron chi connectivity index (χ0n) is 15.7. The van der Waals surface area contributed by atoms with Gasteiger partial charge >= 0.3 is 0 Å². The van der Waals surface area contributed by atoms with E-state index in [0.717, 1.165) is 24.2 Å². The van der Waals surface area contributed by atoms with E-state index in [4.69, 9.17) is 4.74 Å². The molecule has 0 aliphatic carbocycles. The molecule has 9 nitrogen and oxygen atoms in total. The Hall–Kier alpha value is -2.33. The summed E-state index contributed by atoms with van der Waals surface area (Å²) < 4.78 is 5.02. The van der Waals surface area contributed by atoms with Crippen LogP contribution in [0.2, 0.25) is 0 Å². The van der Waals surface area contributed by atoms with Crippen molar-refractivity contribution in [3.05, 3.63) is 22.0 Å². The molecule has 1 aliphatic rings. The Morgan fingerprint density at radius 3 is 2.93 bits per heavy atom. The van der Waals surface area contributed by atoms with Crippen LogP contribution < -0.4 is 10.2 Å². The van der Waals surface area contributed by atoms with Crippen LogP contribution in [0.25, 0.3) is 0 Å². The molecular formula is C17H24N6O3S. The SMILES string of the molecule is COCc1nnc(N2CC(C(=O)NCCCc3c(C)n[nH]c3C)CC2=O)s1. The van der Waals surface area contributed by atoms with Crippen LogP contribution in [0.15, 0.2) is 0 Å². The van der Waals surface area contributed by atoms with Gasteiger partial charge in [0.1, 0.15) is 11.6 Å². The van der Waals surface area contributed by atoms with Crippen molar-refractivity contribution in [2.75, 3.05) is 25.1 Å². The summed E-state index contributed by atoms with van der Waals surface area (Å²) in [5.74, 6) is -0.544. The second-order valence-electron chi connectivity index (χ2n) is 6.62. The standard InChI is InChI=1S/C17H24N6O3S/c1-10-13(11(2)20-19-10)5-4-6-18-16(25)12-7-15(24)23(8-12)17-22-21-14(27-17)9-26-3/h12H,4-9H2,1-3H3,(H,18,25)(H,19,20). The van der Waals surface area contributed by atoms with E-state index < -0.39 is 0 Å². The summed E-state index contributed by atoms with van der Waals surface area (Å²) in [7, 11) is 1.58. The van der Waals surface area contributed by atoms with Crippen LogP contribution in [0.5, 0.6) is 0 Å². The van der Waals surface area contributed by atoms with E-state index in [1.807, 2.05) is 13.8 Å². The third-order valence-corrected chi connectivity index (χ3v) is 5.55. The summed E-state index contributed by atoms with van der Waals surface area (Å²) in [5, 5.41) is 19.3. The number of carbonyl (C=O) groups excluding carboxylic acids is 2. The summed E-state index contributed by atoms with van der Waals surface area (Å²) in [6, 6.07) is 0. The minimum Gasteiger partial charge on any atom is -0.377 e. The van der Waals surface area contributed by atoms with Crippen molar-refractivity contribution < 1.29 is 14.3 Å². The molecule has 2 aromatic heterocycles. The number of nitrogens with zero attached hydrogens (tertiary/aromatic N) is 4. The lowest BCUT2D eigenvalue weighted by Crippen LogP contribution is -2.33. The van der Waals surface area contributed by atoms with Gasteiger partial charge in [0.15, 0.2) is 0 Å². The smallest absolute Gasteiger partial charge is 0.229 e. The largest absolute Gasteiger partial charge is 0.377 e. The highest BCUT2D eigenvalue weighted by molar-refractivity contribution is 7.15. The van der Waals surface area contributed by atoms with Crippen molar-refractivity contribution >= 4 is 28.3 Å². The second kappa shape index (κ2) is 8.57. The maximum atomic E-state index is 12.4. The number of nitrogens with one attached hydrogen (secondary N) is 2. The number of amides is 2. The summed E-state index contributed by atoms with van der Waals surface area (Å²) in [4.78, 5) is 26.2. The molecule has 27 heavy (non-hydrogen) atoms. The van der Waals surface area contributed by atoms with Crippen molar-refractivity contribution in [2.45, 2.75) is 39.7 Å². The number of ether oxygens (including phenoxy) is 1. The first-order valence-corrected chi connectivity index (χ1v) is 9.71. The minimum atomic E-state index is -0.357. The van der Waals surface area contributed by atoms with E-state index in [9.17, 15) is 9.59 Å². The van der Waals surface area contributed by atoms with Gasteiger partial charge in [0, 0.05) is 32.3 Å². The van der Waals surface area contributed by atoms with Gasteiger partial charge in [0.25, 0.3) is 0 Å². The molecule has 1 aliphatic heterocycles. The van der Waals surface area contributed by atoms with E-state index >= 15 is 0 Å². The van der Waals surface area contributed by atoms with Crippen LogP contribution in [0.1, 0.15) is 34.8 Å². The molecule has 1 saturated heterocycles. The van der Waals surface area contributed by atoms with Gasteiger partial charge in [0.05, 0.1) is 11.6 Å². The predicted octanol–water partition coefficient (Wildman–Crippen LogP) is 1.13. The van der Waals surface area contributed by atoms with E-state index in [2.05, 4.69) is 25.7 Å². The lowest BCUT2D eigenvalue weighted by molar-refractivity contribution is -0.126. The van der Waals surface area contributed by atoms with Crippen molar-refractivity contribution in [3.8, 4) is 0 Å². The third-order valence-electron chi connectivity index (χ3n) is 4.63. The van der Waals surface area contributed by atoms with Gasteiger partial charge < -0.3 is 10.1 Å². The quantitative estimate of drug-likeness (QED) is 0.651. The van der Waals surface area contributed by atoms with Crippen LogP contribution in [0, 0.1) is 19.8 Å². The van der Waals surface area contributed by atoms with E-state index in [1.165, 1.54) is 16.9 Å². The fourth-order valence-corrected chi connectivity index (χ4v) is 4.00. The van der Waals surface area contributed by atoms with Gasteiger partial charge in [-0.05, 0) is 32.3 Å². The highest BCUT2D eigenvalue weighted by Crippen LogP contribution is 2.28. The number of rotatable bonds is 8. The Morgan fingerprint density at radius 1 is 1.41 bits per heavy atom. The van der Waals surface area contributed by atoms with E-state index in [-0.39, 0.29) is 24.2 Å². The topological polar surface area (TPSA) is 113 Å². The molecule has 2 N–H and O–H groups in total. The molecule has 2 amide bonds. The zero-order chi connectivity index (χ0) is 19.4. The van der Waals surface area contributed by atoms with Crippen LogP contribution in [-0.4, -0.2) is 52.4 Å². The molecule has 0 aromatic carbocycles. The fraction of sp³-hybridized carbons (Fsp3) is 0.588. The maximum absolute atomic E-state index is 12.4. The number of carbonyl (C=O) groups is 2. The Labute approximate surface area is 161 Å². The second-order valence-corrected chi connectivity index (χ2v) is 7.66.